The molecule has 22 heavy (non-hydrogen) atoms. The van der Waals surface area contributed by atoms with Crippen LogP contribution in [0.3, 0.4) is 0 Å². The molecule has 0 aromatic heterocycles. The van der Waals surface area contributed by atoms with E-state index in [-0.39, 0.29) is 11.5 Å². The molecule has 9 heteroatoms. The largest absolute Gasteiger partial charge is 0.503 e. The van der Waals surface area contributed by atoms with Crippen LogP contribution in [0.4, 0.5) is 0 Å². The van der Waals surface area contributed by atoms with Crippen LogP contribution in [0.5, 0.6) is 11.5 Å². The lowest BCUT2D eigenvalue weighted by Gasteiger charge is -2.14. The molecule has 1 rings (SSSR count). The molecule has 120 valence electrons. The first-order valence-electron chi connectivity index (χ1n) is 6.21. The Kier molecular flexibility index (Phi) is 6.64. The Bertz CT molecular complexity index is 574. The number of halogens is 1. The number of benzene rings is 1. The quantitative estimate of drug-likeness (QED) is 0.464. The summed E-state index contributed by atoms with van der Waals surface area (Å²) in [6, 6.07) is 3.05. The molecule has 0 saturated carbocycles. The highest BCUT2D eigenvalue weighted by atomic mass is 79.9. The minimum absolute atomic E-state index is 0.0630. The summed E-state index contributed by atoms with van der Waals surface area (Å²) in [4.78, 5) is 21.3. The van der Waals surface area contributed by atoms with Crippen molar-refractivity contribution in [1.82, 2.24) is 5.01 Å². The van der Waals surface area contributed by atoms with Gasteiger partial charge in [0.1, 0.15) is 13.1 Å². The van der Waals surface area contributed by atoms with Crippen molar-refractivity contribution < 1.29 is 29.6 Å². The Labute approximate surface area is 134 Å². The fourth-order valence-corrected chi connectivity index (χ4v) is 1.99. The van der Waals surface area contributed by atoms with Gasteiger partial charge < -0.3 is 20.1 Å². The van der Waals surface area contributed by atoms with Crippen molar-refractivity contribution >= 4 is 34.1 Å². The van der Waals surface area contributed by atoms with Gasteiger partial charge in [0.05, 0.1) is 17.3 Å². The van der Waals surface area contributed by atoms with Crippen LogP contribution in [0, 0.1) is 0 Å². The Morgan fingerprint density at radius 2 is 1.91 bits per heavy atom. The van der Waals surface area contributed by atoms with Crippen LogP contribution in [0.15, 0.2) is 21.7 Å². The van der Waals surface area contributed by atoms with E-state index in [0.717, 1.165) is 5.01 Å². The van der Waals surface area contributed by atoms with Crippen molar-refractivity contribution in [3.8, 4) is 11.5 Å². The molecule has 0 saturated heterocycles. The molecule has 0 amide bonds. The number of aliphatic carboxylic acids is 2. The highest BCUT2D eigenvalue weighted by molar-refractivity contribution is 9.10. The lowest BCUT2D eigenvalue weighted by molar-refractivity contribution is -0.141. The third-order valence-electron chi connectivity index (χ3n) is 2.36. The number of phenolic OH excluding ortho intramolecular Hbond substituents is 1. The highest BCUT2D eigenvalue weighted by Gasteiger charge is 2.12. The predicted octanol–water partition coefficient (Wildman–Crippen LogP) is 1.36. The Morgan fingerprint density at radius 1 is 1.32 bits per heavy atom. The zero-order valence-corrected chi connectivity index (χ0v) is 13.3. The van der Waals surface area contributed by atoms with Gasteiger partial charge in [0.2, 0.25) is 0 Å². The molecule has 0 atom stereocenters. The summed E-state index contributed by atoms with van der Waals surface area (Å²) in [7, 11) is 0. The Hall–Kier alpha value is -2.29. The monoisotopic (exact) mass is 374 g/mol. The number of hydrogen-bond donors (Lipinski definition) is 3. The van der Waals surface area contributed by atoms with Crippen molar-refractivity contribution in [3.63, 3.8) is 0 Å². The molecule has 0 aliphatic rings. The van der Waals surface area contributed by atoms with E-state index in [1.807, 2.05) is 0 Å². The number of hydrazone groups is 1. The maximum atomic E-state index is 10.7. The van der Waals surface area contributed by atoms with E-state index in [2.05, 4.69) is 21.0 Å². The third kappa shape index (κ3) is 5.60. The minimum Gasteiger partial charge on any atom is -0.503 e. The van der Waals surface area contributed by atoms with Crippen LogP contribution >= 0.6 is 15.9 Å². The number of hydrogen-bond acceptors (Lipinski definition) is 6. The van der Waals surface area contributed by atoms with Crippen molar-refractivity contribution in [2.75, 3.05) is 19.7 Å². The van der Waals surface area contributed by atoms with Crippen molar-refractivity contribution in [3.05, 3.63) is 22.2 Å². The first kappa shape index (κ1) is 17.8. The summed E-state index contributed by atoms with van der Waals surface area (Å²) in [6.45, 7) is 1.03. The van der Waals surface area contributed by atoms with Crippen LogP contribution in [0.25, 0.3) is 0 Å². The molecule has 0 unspecified atom stereocenters. The van der Waals surface area contributed by atoms with E-state index in [1.54, 1.807) is 13.0 Å². The highest BCUT2D eigenvalue weighted by Crippen LogP contribution is 2.35. The molecule has 0 heterocycles. The summed E-state index contributed by atoms with van der Waals surface area (Å²) in [6.07, 6.45) is 1.29. The Balaban J connectivity index is 2.98. The fourth-order valence-electron chi connectivity index (χ4n) is 1.53. The van der Waals surface area contributed by atoms with Gasteiger partial charge >= 0.3 is 11.9 Å². The lowest BCUT2D eigenvalue weighted by atomic mass is 10.2. The summed E-state index contributed by atoms with van der Waals surface area (Å²) in [5.74, 6) is -2.21. The number of rotatable bonds is 8. The smallest absolute Gasteiger partial charge is 0.324 e. The van der Waals surface area contributed by atoms with Crippen molar-refractivity contribution in [2.24, 2.45) is 5.10 Å². The molecule has 0 bridgehead atoms. The van der Waals surface area contributed by atoms with E-state index in [4.69, 9.17) is 14.9 Å². The number of nitrogens with zero attached hydrogens (tertiary/aromatic N) is 2. The first-order valence-corrected chi connectivity index (χ1v) is 7.00. The third-order valence-corrected chi connectivity index (χ3v) is 2.96. The van der Waals surface area contributed by atoms with Gasteiger partial charge in [-0.25, -0.2) is 0 Å². The SMILES string of the molecule is CCOc1cc(/C=N\N(CC(=O)O)CC(=O)O)cc(Br)c1O. The second-order valence-electron chi connectivity index (χ2n) is 4.14. The predicted molar refractivity (Wildman–Crippen MR) is 81.4 cm³/mol. The van der Waals surface area contributed by atoms with Crippen LogP contribution < -0.4 is 4.74 Å². The van der Waals surface area contributed by atoms with E-state index in [1.165, 1.54) is 12.3 Å². The van der Waals surface area contributed by atoms with Crippen molar-refractivity contribution in [2.45, 2.75) is 6.92 Å². The number of carbonyl (C=O) groups is 2. The second-order valence-corrected chi connectivity index (χ2v) is 4.99. The second kappa shape index (κ2) is 8.23. The van der Waals surface area contributed by atoms with E-state index < -0.39 is 25.0 Å². The zero-order valence-electron chi connectivity index (χ0n) is 11.7. The number of phenols is 1. The first-order chi connectivity index (χ1) is 10.3. The average Bonchev–Trinajstić information content (AvgIpc) is 2.40. The van der Waals surface area contributed by atoms with Crippen LogP contribution in [-0.4, -0.2) is 58.2 Å². The van der Waals surface area contributed by atoms with Gasteiger partial charge in [-0.1, -0.05) is 0 Å². The molecule has 0 aliphatic carbocycles. The summed E-state index contributed by atoms with van der Waals surface area (Å²) in [5.41, 5.74) is 0.508. The average molecular weight is 375 g/mol. The van der Waals surface area contributed by atoms with Gasteiger partial charge in [-0.3, -0.25) is 14.6 Å². The van der Waals surface area contributed by atoms with Gasteiger partial charge in [0.25, 0.3) is 0 Å². The summed E-state index contributed by atoms with van der Waals surface area (Å²) >= 11 is 3.16. The fraction of sp³-hybridized carbons (Fsp3) is 0.308. The maximum Gasteiger partial charge on any atom is 0.324 e. The number of ether oxygens (including phenoxy) is 1. The standard InChI is InChI=1S/C13H15BrN2O6/c1-2-22-10-4-8(3-9(14)13(10)21)5-15-16(6-11(17)18)7-12(19)20/h3-5,21H,2,6-7H2,1H3,(H,17,18)(H,19,20)/b15-5-. The molecule has 0 radical (unpaired) electrons. The van der Waals surface area contributed by atoms with Gasteiger partial charge in [0.15, 0.2) is 11.5 Å². The zero-order chi connectivity index (χ0) is 16.7. The molecule has 0 spiro atoms. The number of aromatic hydroxyl groups is 1. The van der Waals surface area contributed by atoms with Crippen LogP contribution in [-0.2, 0) is 9.59 Å². The lowest BCUT2D eigenvalue weighted by Crippen LogP contribution is -2.30. The molecule has 3 N–H and O–H groups in total. The van der Waals surface area contributed by atoms with Gasteiger partial charge in [-0.15, -0.1) is 0 Å². The van der Waals surface area contributed by atoms with Gasteiger partial charge in [0, 0.05) is 0 Å². The molecular formula is C13H15BrN2O6. The molecule has 1 aromatic rings. The van der Waals surface area contributed by atoms with Crippen molar-refractivity contribution in [1.29, 1.82) is 0 Å². The normalized spacial score (nSPS) is 10.6. The van der Waals surface area contributed by atoms with Crippen LogP contribution in [0.2, 0.25) is 0 Å². The van der Waals surface area contributed by atoms with E-state index in [9.17, 15) is 14.7 Å². The van der Waals surface area contributed by atoms with E-state index in [0.29, 0.717) is 16.6 Å². The molecule has 0 fully saturated rings. The summed E-state index contributed by atoms with van der Waals surface area (Å²) < 4.78 is 5.63. The number of carboxylic acids is 2. The summed E-state index contributed by atoms with van der Waals surface area (Å²) in [5, 5.41) is 32.0. The van der Waals surface area contributed by atoms with Gasteiger partial charge in [-0.05, 0) is 40.5 Å². The van der Waals surface area contributed by atoms with Crippen LogP contribution in [0.1, 0.15) is 12.5 Å². The number of carboxylic acid groups (broad SMARTS) is 2. The maximum absolute atomic E-state index is 10.7. The van der Waals surface area contributed by atoms with E-state index >= 15 is 0 Å². The molecule has 0 aliphatic heterocycles. The minimum atomic E-state index is -1.19. The Morgan fingerprint density at radius 3 is 2.41 bits per heavy atom. The molecule has 8 nitrogen and oxygen atoms in total. The molecular weight excluding hydrogens is 360 g/mol. The van der Waals surface area contributed by atoms with Gasteiger partial charge in [-0.2, -0.15) is 5.10 Å². The topological polar surface area (TPSA) is 120 Å². The molecule has 1 aromatic carbocycles.